The molecule has 0 aliphatic heterocycles. The Morgan fingerprint density at radius 1 is 1.04 bits per heavy atom. The largest absolute Gasteiger partial charge is 0.513 e. The first kappa shape index (κ1) is 16.9. The van der Waals surface area contributed by atoms with Crippen LogP contribution in [0.2, 0.25) is 0 Å². The fourth-order valence-corrected chi connectivity index (χ4v) is 2.30. The molecule has 0 saturated heterocycles. The molecule has 2 aromatic rings. The lowest BCUT2D eigenvalue weighted by Crippen LogP contribution is -2.28. The topological polar surface area (TPSA) is 38.8 Å². The van der Waals surface area contributed by atoms with Crippen molar-refractivity contribution >= 4 is 11.8 Å². The van der Waals surface area contributed by atoms with Gasteiger partial charge in [-0.25, -0.2) is 4.79 Å². The van der Waals surface area contributed by atoms with Gasteiger partial charge in [0.1, 0.15) is 12.4 Å². The molecule has 0 saturated carbocycles. The summed E-state index contributed by atoms with van der Waals surface area (Å²) in [6.07, 6.45) is -0.664. The van der Waals surface area contributed by atoms with Crippen molar-refractivity contribution in [3.8, 4) is 5.75 Å². The van der Waals surface area contributed by atoms with Gasteiger partial charge in [-0.2, -0.15) is 0 Å². The van der Waals surface area contributed by atoms with Crippen LogP contribution in [-0.2, 0) is 4.74 Å². The number of hydrogen-bond acceptors (Lipinski definition) is 4. The van der Waals surface area contributed by atoms with Crippen molar-refractivity contribution in [2.24, 2.45) is 0 Å². The minimum Gasteiger partial charge on any atom is -0.432 e. The molecule has 4 nitrogen and oxygen atoms in total. The highest BCUT2D eigenvalue weighted by Crippen LogP contribution is 2.21. The van der Waals surface area contributed by atoms with E-state index in [1.165, 1.54) is 0 Å². The van der Waals surface area contributed by atoms with Crippen LogP contribution >= 0.6 is 0 Å². The Morgan fingerprint density at radius 2 is 1.78 bits per heavy atom. The maximum absolute atomic E-state index is 11.8. The maximum Gasteiger partial charge on any atom is 0.513 e. The van der Waals surface area contributed by atoms with E-state index in [0.29, 0.717) is 12.3 Å². The molecule has 0 atom stereocenters. The van der Waals surface area contributed by atoms with Crippen molar-refractivity contribution in [1.82, 2.24) is 0 Å². The summed E-state index contributed by atoms with van der Waals surface area (Å²) in [4.78, 5) is 14.0. The van der Waals surface area contributed by atoms with Gasteiger partial charge in [0.25, 0.3) is 0 Å². The maximum atomic E-state index is 11.8. The molecule has 0 unspecified atom stereocenters. The molecule has 0 fully saturated rings. The number of benzene rings is 2. The molecule has 0 bridgehead atoms. The molecule has 0 amide bonds. The van der Waals surface area contributed by atoms with Crippen LogP contribution < -0.4 is 9.64 Å². The van der Waals surface area contributed by atoms with Crippen molar-refractivity contribution < 1.29 is 14.3 Å². The van der Waals surface area contributed by atoms with E-state index in [1.54, 1.807) is 6.07 Å². The predicted octanol–water partition coefficient (Wildman–Crippen LogP) is 4.35. The highest BCUT2D eigenvalue weighted by atomic mass is 16.7. The van der Waals surface area contributed by atoms with Crippen LogP contribution in [0.4, 0.5) is 10.5 Å². The van der Waals surface area contributed by atoms with Gasteiger partial charge in [-0.15, -0.1) is 0 Å². The lowest BCUT2D eigenvalue weighted by atomic mass is 10.1. The molecule has 122 valence electrons. The minimum absolute atomic E-state index is 0.284. The van der Waals surface area contributed by atoms with E-state index in [9.17, 15) is 4.79 Å². The predicted molar refractivity (Wildman–Crippen MR) is 92.2 cm³/mol. The summed E-state index contributed by atoms with van der Waals surface area (Å²) in [5, 5.41) is 0. The smallest absolute Gasteiger partial charge is 0.432 e. The summed E-state index contributed by atoms with van der Waals surface area (Å²) in [5.41, 5.74) is 3.14. The van der Waals surface area contributed by atoms with Crippen molar-refractivity contribution in [3.63, 3.8) is 0 Å². The number of rotatable bonds is 6. The molecule has 0 N–H and O–H groups in total. The van der Waals surface area contributed by atoms with Gasteiger partial charge in [0, 0.05) is 12.2 Å². The quantitative estimate of drug-likeness (QED) is 0.587. The molecule has 2 rings (SSSR count). The number of ether oxygens (including phenoxy) is 2. The Hall–Kier alpha value is -2.49. The molecule has 0 aliphatic rings. The summed E-state index contributed by atoms with van der Waals surface area (Å²) in [7, 11) is 0. The number of carbonyl (C=O) groups excluding carboxylic acids is 1. The lowest BCUT2D eigenvalue weighted by molar-refractivity contribution is 0.101. The zero-order valence-corrected chi connectivity index (χ0v) is 13.9. The van der Waals surface area contributed by atoms with Crippen LogP contribution in [0, 0.1) is 13.8 Å². The molecule has 2 aromatic carbocycles. The Balaban J connectivity index is 1.83. The van der Waals surface area contributed by atoms with Crippen LogP contribution in [-0.4, -0.2) is 25.9 Å². The number of nitrogens with zero attached hydrogens (tertiary/aromatic N) is 1. The third-order valence-electron chi connectivity index (χ3n) is 3.83. The van der Waals surface area contributed by atoms with E-state index in [4.69, 9.17) is 9.47 Å². The van der Waals surface area contributed by atoms with E-state index < -0.39 is 6.16 Å². The van der Waals surface area contributed by atoms with Gasteiger partial charge in [0.15, 0.2) is 0 Å². The van der Waals surface area contributed by atoms with E-state index in [1.807, 2.05) is 56.3 Å². The zero-order chi connectivity index (χ0) is 16.7. The number of carbonyl (C=O) groups is 1. The zero-order valence-electron chi connectivity index (χ0n) is 13.9. The molecule has 0 heterocycles. The van der Waals surface area contributed by atoms with E-state index in [-0.39, 0.29) is 6.61 Å². The molecule has 0 spiro atoms. The van der Waals surface area contributed by atoms with Crippen LogP contribution in [0.1, 0.15) is 18.1 Å². The average Bonchev–Trinajstić information content (AvgIpc) is 2.57. The van der Waals surface area contributed by atoms with Crippen LogP contribution in [0.3, 0.4) is 0 Å². The number of anilines is 1. The average molecular weight is 313 g/mol. The standard InChI is InChI=1S/C19H23NO3/c1-4-20(17-10-6-5-7-11-17)13-14-22-19(21)23-18-12-8-9-15(2)16(18)3/h5-12H,4,13-14H2,1-3H3. The second kappa shape index (κ2) is 8.22. The summed E-state index contributed by atoms with van der Waals surface area (Å²) in [5.74, 6) is 0.547. The van der Waals surface area contributed by atoms with Crippen LogP contribution in [0.5, 0.6) is 5.75 Å². The third kappa shape index (κ3) is 4.74. The molecular formula is C19H23NO3. The summed E-state index contributed by atoms with van der Waals surface area (Å²) in [6.45, 7) is 7.73. The van der Waals surface area contributed by atoms with Gasteiger partial charge in [-0.1, -0.05) is 30.3 Å². The Morgan fingerprint density at radius 3 is 2.48 bits per heavy atom. The number of para-hydroxylation sites is 1. The normalized spacial score (nSPS) is 10.2. The molecule has 23 heavy (non-hydrogen) atoms. The molecule has 0 aliphatic carbocycles. The summed E-state index contributed by atoms with van der Waals surface area (Å²) >= 11 is 0. The van der Waals surface area contributed by atoms with Crippen molar-refractivity contribution in [1.29, 1.82) is 0 Å². The monoisotopic (exact) mass is 313 g/mol. The summed E-state index contributed by atoms with van der Waals surface area (Å²) < 4.78 is 10.5. The molecule has 0 radical (unpaired) electrons. The molecule has 0 aromatic heterocycles. The number of hydrogen-bond donors (Lipinski definition) is 0. The van der Waals surface area contributed by atoms with E-state index in [0.717, 1.165) is 23.4 Å². The SMILES string of the molecule is CCN(CCOC(=O)Oc1cccc(C)c1C)c1ccccc1. The highest BCUT2D eigenvalue weighted by molar-refractivity contribution is 5.64. The fourth-order valence-electron chi connectivity index (χ4n) is 2.30. The minimum atomic E-state index is -0.664. The van der Waals surface area contributed by atoms with Crippen molar-refractivity contribution in [2.75, 3.05) is 24.6 Å². The third-order valence-corrected chi connectivity index (χ3v) is 3.83. The van der Waals surface area contributed by atoms with E-state index in [2.05, 4.69) is 11.8 Å². The van der Waals surface area contributed by atoms with Gasteiger partial charge in [0.2, 0.25) is 0 Å². The number of likely N-dealkylation sites (N-methyl/N-ethyl adjacent to an activating group) is 1. The first-order valence-corrected chi connectivity index (χ1v) is 7.82. The number of aryl methyl sites for hydroxylation is 1. The summed E-state index contributed by atoms with van der Waals surface area (Å²) in [6, 6.07) is 15.7. The first-order valence-electron chi connectivity index (χ1n) is 7.82. The van der Waals surface area contributed by atoms with Crippen LogP contribution in [0.25, 0.3) is 0 Å². The van der Waals surface area contributed by atoms with Gasteiger partial charge < -0.3 is 14.4 Å². The van der Waals surface area contributed by atoms with E-state index >= 15 is 0 Å². The van der Waals surface area contributed by atoms with Gasteiger partial charge in [-0.3, -0.25) is 0 Å². The highest BCUT2D eigenvalue weighted by Gasteiger charge is 2.10. The van der Waals surface area contributed by atoms with Gasteiger partial charge in [0.05, 0.1) is 6.54 Å². The Bertz CT molecular complexity index is 640. The lowest BCUT2D eigenvalue weighted by Gasteiger charge is -2.22. The second-order valence-electron chi connectivity index (χ2n) is 5.31. The van der Waals surface area contributed by atoms with Gasteiger partial charge in [-0.05, 0) is 50.1 Å². The Kier molecular flexibility index (Phi) is 6.03. The van der Waals surface area contributed by atoms with Gasteiger partial charge >= 0.3 is 6.16 Å². The van der Waals surface area contributed by atoms with Crippen molar-refractivity contribution in [2.45, 2.75) is 20.8 Å². The molecule has 4 heteroatoms. The fraction of sp³-hybridized carbons (Fsp3) is 0.316. The second-order valence-corrected chi connectivity index (χ2v) is 5.31. The molecular weight excluding hydrogens is 290 g/mol. The van der Waals surface area contributed by atoms with Crippen molar-refractivity contribution in [3.05, 3.63) is 59.7 Å². The van der Waals surface area contributed by atoms with Crippen LogP contribution in [0.15, 0.2) is 48.5 Å². The Labute approximate surface area is 137 Å². The first-order chi connectivity index (χ1) is 11.1.